The van der Waals surface area contributed by atoms with Crippen molar-refractivity contribution in [1.82, 2.24) is 15.3 Å². The molecule has 138 valence electrons. The number of amides is 1. The third-order valence-corrected chi connectivity index (χ3v) is 4.29. The molecule has 0 aliphatic carbocycles. The van der Waals surface area contributed by atoms with Crippen molar-refractivity contribution in [1.29, 1.82) is 0 Å². The fraction of sp³-hybridized carbons (Fsp3) is 0.190. The number of anilines is 2. The van der Waals surface area contributed by atoms with Crippen LogP contribution < -0.4 is 10.6 Å². The molecule has 6 heteroatoms. The standard InChI is InChI=1S/C21H21FN4O/c1-3-15-9-6-7-14(2)19(15)26-21-24-12-17(13-25-21)20(27)23-11-16-8-4-5-10-18(16)22/h4-10,12-13H,3,11H2,1-2H3,(H,23,27)(H,24,25,26). The van der Waals surface area contributed by atoms with E-state index < -0.39 is 0 Å². The average Bonchev–Trinajstić information content (AvgIpc) is 2.69. The molecule has 0 saturated carbocycles. The van der Waals surface area contributed by atoms with Crippen LogP contribution in [0.1, 0.15) is 34.0 Å². The van der Waals surface area contributed by atoms with Crippen LogP contribution in [0.15, 0.2) is 54.9 Å². The number of nitrogens with zero attached hydrogens (tertiary/aromatic N) is 2. The number of rotatable bonds is 6. The lowest BCUT2D eigenvalue weighted by molar-refractivity contribution is 0.0950. The second-order valence-electron chi connectivity index (χ2n) is 6.16. The number of hydrogen-bond acceptors (Lipinski definition) is 4. The third kappa shape index (κ3) is 4.47. The normalized spacial score (nSPS) is 10.5. The highest BCUT2D eigenvalue weighted by Gasteiger charge is 2.10. The first-order valence-corrected chi connectivity index (χ1v) is 8.77. The highest BCUT2D eigenvalue weighted by atomic mass is 19.1. The van der Waals surface area contributed by atoms with Crippen molar-refractivity contribution in [3.05, 3.63) is 82.9 Å². The van der Waals surface area contributed by atoms with Gasteiger partial charge >= 0.3 is 0 Å². The zero-order chi connectivity index (χ0) is 19.2. The van der Waals surface area contributed by atoms with E-state index in [0.29, 0.717) is 17.1 Å². The molecule has 0 bridgehead atoms. The highest BCUT2D eigenvalue weighted by molar-refractivity contribution is 5.93. The van der Waals surface area contributed by atoms with E-state index in [9.17, 15) is 9.18 Å². The fourth-order valence-electron chi connectivity index (χ4n) is 2.74. The molecule has 27 heavy (non-hydrogen) atoms. The van der Waals surface area contributed by atoms with Gasteiger partial charge in [0.1, 0.15) is 5.82 Å². The molecule has 0 spiro atoms. The Morgan fingerprint density at radius 1 is 1.04 bits per heavy atom. The van der Waals surface area contributed by atoms with Crippen molar-refractivity contribution in [3.63, 3.8) is 0 Å². The number of nitrogens with one attached hydrogen (secondary N) is 2. The maximum absolute atomic E-state index is 13.6. The van der Waals surface area contributed by atoms with Gasteiger partial charge < -0.3 is 10.6 Å². The minimum Gasteiger partial charge on any atom is -0.348 e. The lowest BCUT2D eigenvalue weighted by Crippen LogP contribution is -2.23. The van der Waals surface area contributed by atoms with E-state index in [4.69, 9.17) is 0 Å². The van der Waals surface area contributed by atoms with Gasteiger partial charge in [-0.1, -0.05) is 43.3 Å². The number of carbonyl (C=O) groups excluding carboxylic acids is 1. The van der Waals surface area contributed by atoms with Crippen molar-refractivity contribution in [2.45, 2.75) is 26.8 Å². The summed E-state index contributed by atoms with van der Waals surface area (Å²) in [4.78, 5) is 20.7. The Bertz CT molecular complexity index is 941. The van der Waals surface area contributed by atoms with Gasteiger partial charge in [-0.25, -0.2) is 14.4 Å². The first kappa shape index (κ1) is 18.5. The topological polar surface area (TPSA) is 66.9 Å². The first-order valence-electron chi connectivity index (χ1n) is 8.77. The quantitative estimate of drug-likeness (QED) is 0.689. The molecule has 0 radical (unpaired) electrons. The molecule has 2 N–H and O–H groups in total. The van der Waals surface area contributed by atoms with Gasteiger partial charge in [0.2, 0.25) is 5.95 Å². The fourth-order valence-corrected chi connectivity index (χ4v) is 2.74. The maximum Gasteiger partial charge on any atom is 0.254 e. The van der Waals surface area contributed by atoms with Crippen molar-refractivity contribution in [2.24, 2.45) is 0 Å². The minimum atomic E-state index is -0.352. The summed E-state index contributed by atoms with van der Waals surface area (Å²) < 4.78 is 13.6. The molecule has 3 aromatic rings. The summed E-state index contributed by atoms with van der Waals surface area (Å²) in [6.07, 6.45) is 3.80. The van der Waals surface area contributed by atoms with Crippen LogP contribution >= 0.6 is 0 Å². The molecule has 0 aliphatic rings. The van der Waals surface area contributed by atoms with Crippen LogP contribution in [0.4, 0.5) is 16.0 Å². The average molecular weight is 364 g/mol. The van der Waals surface area contributed by atoms with Crippen molar-refractivity contribution >= 4 is 17.5 Å². The molecular weight excluding hydrogens is 343 g/mol. The number of hydrogen-bond donors (Lipinski definition) is 2. The smallest absolute Gasteiger partial charge is 0.254 e. The van der Waals surface area contributed by atoms with Crippen molar-refractivity contribution in [3.8, 4) is 0 Å². The highest BCUT2D eigenvalue weighted by Crippen LogP contribution is 2.23. The summed E-state index contributed by atoms with van der Waals surface area (Å²) >= 11 is 0. The zero-order valence-corrected chi connectivity index (χ0v) is 15.3. The van der Waals surface area contributed by atoms with Gasteiger partial charge in [0.05, 0.1) is 5.56 Å². The Morgan fingerprint density at radius 2 is 1.74 bits per heavy atom. The van der Waals surface area contributed by atoms with Crippen LogP contribution in [0, 0.1) is 12.7 Å². The Hall–Kier alpha value is -3.28. The first-order chi connectivity index (χ1) is 13.1. The second kappa shape index (κ2) is 8.40. The Morgan fingerprint density at radius 3 is 2.44 bits per heavy atom. The van der Waals surface area contributed by atoms with E-state index >= 15 is 0 Å². The van der Waals surface area contributed by atoms with Gasteiger partial charge in [0.25, 0.3) is 5.91 Å². The molecule has 0 atom stereocenters. The van der Waals surface area contributed by atoms with Crippen molar-refractivity contribution in [2.75, 3.05) is 5.32 Å². The van der Waals surface area contributed by atoms with E-state index in [2.05, 4.69) is 33.6 Å². The summed E-state index contributed by atoms with van der Waals surface area (Å²) in [7, 11) is 0. The number of benzene rings is 2. The van der Waals surface area contributed by atoms with E-state index in [0.717, 1.165) is 17.7 Å². The molecule has 3 rings (SSSR count). The van der Waals surface area contributed by atoms with Crippen LogP contribution in [0.3, 0.4) is 0 Å². The largest absolute Gasteiger partial charge is 0.348 e. The molecule has 5 nitrogen and oxygen atoms in total. The van der Waals surface area contributed by atoms with E-state index in [-0.39, 0.29) is 18.3 Å². The van der Waals surface area contributed by atoms with Crippen LogP contribution in [0.2, 0.25) is 0 Å². The van der Waals surface area contributed by atoms with Crippen LogP contribution in [-0.2, 0) is 13.0 Å². The number of aromatic nitrogens is 2. The predicted octanol–water partition coefficient (Wildman–Crippen LogP) is 4.16. The van der Waals surface area contributed by atoms with E-state index in [1.807, 2.05) is 19.1 Å². The molecule has 0 saturated heterocycles. The summed E-state index contributed by atoms with van der Waals surface area (Å²) in [6.45, 7) is 4.21. The van der Waals surface area contributed by atoms with Crippen molar-refractivity contribution < 1.29 is 9.18 Å². The third-order valence-electron chi connectivity index (χ3n) is 4.29. The lowest BCUT2D eigenvalue weighted by Gasteiger charge is -2.13. The van der Waals surface area contributed by atoms with Crippen LogP contribution in [-0.4, -0.2) is 15.9 Å². The predicted molar refractivity (Wildman–Crippen MR) is 103 cm³/mol. The van der Waals surface area contributed by atoms with Gasteiger partial charge in [0, 0.05) is 30.2 Å². The molecule has 1 amide bonds. The summed E-state index contributed by atoms with van der Waals surface area (Å²) in [5, 5.41) is 5.89. The molecule has 0 fully saturated rings. The van der Waals surface area contributed by atoms with Gasteiger partial charge in [-0.3, -0.25) is 4.79 Å². The summed E-state index contributed by atoms with van der Waals surface area (Å²) in [5.41, 5.74) is 4.00. The van der Waals surface area contributed by atoms with Gasteiger partial charge in [-0.2, -0.15) is 0 Å². The molecule has 0 aliphatic heterocycles. The number of carbonyl (C=O) groups is 1. The Labute approximate surface area is 157 Å². The zero-order valence-electron chi connectivity index (χ0n) is 15.3. The summed E-state index contributed by atoms with van der Waals surface area (Å²) in [6, 6.07) is 12.4. The Balaban J connectivity index is 1.67. The number of para-hydroxylation sites is 1. The molecular formula is C21H21FN4O. The Kier molecular flexibility index (Phi) is 5.76. The van der Waals surface area contributed by atoms with Gasteiger partial charge in [-0.05, 0) is 30.5 Å². The van der Waals surface area contributed by atoms with Crippen LogP contribution in [0.5, 0.6) is 0 Å². The lowest BCUT2D eigenvalue weighted by atomic mass is 10.1. The van der Waals surface area contributed by atoms with E-state index in [1.54, 1.807) is 18.2 Å². The maximum atomic E-state index is 13.6. The molecule has 1 aromatic heterocycles. The summed E-state index contributed by atoms with van der Waals surface area (Å²) in [5.74, 6) is -0.279. The molecule has 2 aromatic carbocycles. The van der Waals surface area contributed by atoms with Crippen LogP contribution in [0.25, 0.3) is 0 Å². The van der Waals surface area contributed by atoms with Gasteiger partial charge in [0.15, 0.2) is 0 Å². The SMILES string of the molecule is CCc1cccc(C)c1Nc1ncc(C(=O)NCc2ccccc2F)cn1. The number of aryl methyl sites for hydroxylation is 2. The minimum absolute atomic E-state index is 0.106. The van der Waals surface area contributed by atoms with Gasteiger partial charge in [-0.15, -0.1) is 0 Å². The second-order valence-corrected chi connectivity index (χ2v) is 6.16. The van der Waals surface area contributed by atoms with E-state index in [1.165, 1.54) is 24.0 Å². The molecule has 1 heterocycles. The number of halogens is 1. The monoisotopic (exact) mass is 364 g/mol. The molecule has 0 unspecified atom stereocenters.